The number of phenolic OH excluding ortho intramolecular Hbond substituents is 1. The van der Waals surface area contributed by atoms with Crippen molar-refractivity contribution in [2.24, 2.45) is 45.5 Å². The molecule has 2 aromatic carbocycles. The molecule has 12 nitrogen and oxygen atoms in total. The minimum atomic E-state index is -2.69. The third-order valence-electron chi connectivity index (χ3n) is 7.74. The zero-order chi connectivity index (χ0) is 37.8. The number of aliphatic imine (C=N–C) groups is 1. The zero-order valence-corrected chi connectivity index (χ0v) is 26.6. The molecule has 12 heteroatoms. The van der Waals surface area contributed by atoms with Gasteiger partial charge in [0.2, 0.25) is 11.8 Å². The second kappa shape index (κ2) is 19.3. The highest BCUT2D eigenvalue weighted by atomic mass is 16.3. The van der Waals surface area contributed by atoms with Crippen LogP contribution < -0.4 is 34.0 Å². The van der Waals surface area contributed by atoms with Crippen molar-refractivity contribution in [1.82, 2.24) is 5.32 Å². The second-order valence-corrected chi connectivity index (χ2v) is 11.5. The highest BCUT2D eigenvalue weighted by Crippen LogP contribution is 2.26. The first kappa shape index (κ1) is 31.7. The van der Waals surface area contributed by atoms with Crippen LogP contribution in [-0.4, -0.2) is 59.6 Å². The Labute approximate surface area is 277 Å². The Kier molecular flexibility index (Phi) is 13.3. The number of amides is 2. The number of phenols is 1. The molecule has 2 amide bonds. The highest BCUT2D eigenvalue weighted by Gasteiger charge is 2.31. The van der Waals surface area contributed by atoms with Crippen LogP contribution in [0, 0.1) is 25.7 Å². The number of carbonyl (C=O) groups is 4. The van der Waals surface area contributed by atoms with Gasteiger partial charge in [0.05, 0.1) is 12.1 Å². The fourth-order valence-corrected chi connectivity index (χ4v) is 5.21. The predicted octanol–water partition coefficient (Wildman–Crippen LogP) is 1.43. The number of nitrogens with one attached hydrogen (secondary N) is 1. The minimum Gasteiger partial charge on any atom is -0.508 e. The summed E-state index contributed by atoms with van der Waals surface area (Å²) in [5.41, 5.74) is 30.8. The van der Waals surface area contributed by atoms with Crippen molar-refractivity contribution in [1.29, 1.82) is 0 Å². The van der Waals surface area contributed by atoms with Crippen LogP contribution in [-0.2, 0) is 32.0 Å². The van der Waals surface area contributed by atoms with Gasteiger partial charge in [-0.3, -0.25) is 24.2 Å². The quantitative estimate of drug-likeness (QED) is 0.0591. The van der Waals surface area contributed by atoms with E-state index in [0.717, 1.165) is 5.56 Å². The summed E-state index contributed by atoms with van der Waals surface area (Å²) in [6.07, 6.45) is -6.14. The molecule has 0 fully saturated rings. The van der Waals surface area contributed by atoms with Gasteiger partial charge in [0.15, 0.2) is 11.7 Å². The molecular formula is C34H51N7O5. The summed E-state index contributed by atoms with van der Waals surface area (Å²) in [5.74, 6) is -4.93. The van der Waals surface area contributed by atoms with Crippen LogP contribution in [0.2, 0.25) is 0 Å². The van der Waals surface area contributed by atoms with E-state index in [1.54, 1.807) is 44.2 Å². The molecule has 0 heterocycles. The first-order valence-electron chi connectivity index (χ1n) is 17.3. The number of benzene rings is 2. The Morgan fingerprint density at radius 3 is 2.13 bits per heavy atom. The third kappa shape index (κ3) is 13.0. The summed E-state index contributed by atoms with van der Waals surface area (Å²) in [6.45, 7) is 3.02. The van der Waals surface area contributed by atoms with Crippen molar-refractivity contribution in [2.45, 2.75) is 83.6 Å². The molecule has 46 heavy (non-hydrogen) atoms. The monoisotopic (exact) mass is 641 g/mol. The van der Waals surface area contributed by atoms with Gasteiger partial charge >= 0.3 is 0 Å². The number of primary amides is 1. The number of ketones is 2. The van der Waals surface area contributed by atoms with Gasteiger partial charge in [0.25, 0.3) is 0 Å². The SMILES string of the molecule is [2H]C([2H])(CN)C([2H])([2H])C[C@H](NC(=O)[C@@H](CC(=O)[C@H](N)CCCN=C(N)N)Cc1c(C)cc(O)cc1C)C(=O)C[C@@H](Cc1ccccc1)C(N)=O. The third-order valence-corrected chi connectivity index (χ3v) is 7.74. The van der Waals surface area contributed by atoms with Crippen LogP contribution in [0.3, 0.4) is 0 Å². The van der Waals surface area contributed by atoms with Crippen molar-refractivity contribution < 1.29 is 29.8 Å². The number of hydrogen-bond donors (Lipinski definition) is 7. The Morgan fingerprint density at radius 1 is 0.913 bits per heavy atom. The standard InChI is InChI=1S/C34H51N7O5/c1-21-15-26(42)16-22(2)27(21)18-25(20-30(43)28(36)11-8-14-40-34(38)39)33(46)41-29(12-6-7-13-35)31(44)19-24(32(37)45)17-23-9-4-3-5-10-23/h3-5,9-10,15-16,24-25,28-29,42H,6-8,11-14,17-20,35-36H2,1-2H3,(H2,37,45)(H,41,46)(H4,38,39,40)/t24-,25-,28-,29+/m1/s1/i6D2,7D2. The van der Waals surface area contributed by atoms with Gasteiger partial charge in [-0.2, -0.15) is 0 Å². The Balaban J connectivity index is 2.46. The van der Waals surface area contributed by atoms with Crippen LogP contribution in [0.4, 0.5) is 0 Å². The van der Waals surface area contributed by atoms with Crippen molar-refractivity contribution in [3.63, 3.8) is 0 Å². The predicted molar refractivity (Wildman–Crippen MR) is 180 cm³/mol. The van der Waals surface area contributed by atoms with Gasteiger partial charge in [-0.25, -0.2) is 0 Å². The van der Waals surface area contributed by atoms with Gasteiger partial charge in [-0.05, 0) is 99.6 Å². The average molecular weight is 642 g/mol. The Morgan fingerprint density at radius 2 is 1.54 bits per heavy atom. The number of guanidine groups is 1. The van der Waals surface area contributed by atoms with E-state index < -0.39 is 79.4 Å². The van der Waals surface area contributed by atoms with Crippen LogP contribution >= 0.6 is 0 Å². The molecule has 2 rings (SSSR count). The summed E-state index contributed by atoms with van der Waals surface area (Å²) in [5, 5.41) is 12.7. The largest absolute Gasteiger partial charge is 0.508 e. The van der Waals surface area contributed by atoms with Crippen LogP contribution in [0.15, 0.2) is 47.5 Å². The van der Waals surface area contributed by atoms with Crippen LogP contribution in [0.25, 0.3) is 0 Å². The molecule has 4 atom stereocenters. The number of carbonyl (C=O) groups excluding carboxylic acids is 4. The van der Waals surface area contributed by atoms with Crippen molar-refractivity contribution >= 4 is 29.3 Å². The van der Waals surface area contributed by atoms with Crippen molar-refractivity contribution in [2.75, 3.05) is 13.1 Å². The van der Waals surface area contributed by atoms with Gasteiger partial charge in [0, 0.05) is 36.7 Å². The van der Waals surface area contributed by atoms with Crippen molar-refractivity contribution in [3.8, 4) is 5.75 Å². The van der Waals surface area contributed by atoms with E-state index in [4.69, 9.17) is 34.2 Å². The van der Waals surface area contributed by atoms with Crippen LogP contribution in [0.5, 0.6) is 5.75 Å². The molecule has 0 aliphatic carbocycles. The lowest BCUT2D eigenvalue weighted by Crippen LogP contribution is -2.46. The lowest BCUT2D eigenvalue weighted by atomic mass is 9.86. The van der Waals surface area contributed by atoms with Gasteiger partial charge < -0.3 is 39.1 Å². The van der Waals surface area contributed by atoms with E-state index in [0.29, 0.717) is 23.1 Å². The Bertz CT molecular complexity index is 1500. The highest BCUT2D eigenvalue weighted by molar-refractivity contribution is 5.94. The zero-order valence-electron chi connectivity index (χ0n) is 30.6. The fraction of sp³-hybridized carbons (Fsp3) is 0.500. The molecule has 0 saturated carbocycles. The maximum Gasteiger partial charge on any atom is 0.224 e. The molecule has 252 valence electrons. The topological polar surface area (TPSA) is 243 Å². The molecule has 2 aromatic rings. The average Bonchev–Trinajstić information content (AvgIpc) is 3.03. The molecular weight excluding hydrogens is 586 g/mol. The summed E-state index contributed by atoms with van der Waals surface area (Å²) >= 11 is 0. The lowest BCUT2D eigenvalue weighted by Gasteiger charge is -2.25. The van der Waals surface area contributed by atoms with Gasteiger partial charge in [0.1, 0.15) is 11.5 Å². The van der Waals surface area contributed by atoms with E-state index in [-0.39, 0.29) is 43.9 Å². The first-order chi connectivity index (χ1) is 23.3. The number of Topliss-reactive ketones (excluding diaryl/α,β-unsaturated/α-hetero) is 2. The number of rotatable bonds is 21. The molecule has 0 aliphatic rings. The van der Waals surface area contributed by atoms with E-state index in [1.165, 1.54) is 12.1 Å². The second-order valence-electron chi connectivity index (χ2n) is 11.5. The van der Waals surface area contributed by atoms with E-state index >= 15 is 0 Å². The maximum absolute atomic E-state index is 14.1. The van der Waals surface area contributed by atoms with E-state index in [2.05, 4.69) is 10.3 Å². The fourth-order valence-electron chi connectivity index (χ4n) is 5.21. The Hall–Kier alpha value is -4.29. The summed E-state index contributed by atoms with van der Waals surface area (Å²) in [4.78, 5) is 57.6. The van der Waals surface area contributed by atoms with Gasteiger partial charge in [-0.15, -0.1) is 0 Å². The van der Waals surface area contributed by atoms with Crippen molar-refractivity contribution in [3.05, 3.63) is 64.7 Å². The lowest BCUT2D eigenvalue weighted by molar-refractivity contribution is -0.133. The normalized spacial score (nSPS) is 15.6. The van der Waals surface area contributed by atoms with E-state index in [9.17, 15) is 24.3 Å². The number of nitrogens with two attached hydrogens (primary N) is 5. The molecule has 12 N–H and O–H groups in total. The molecule has 0 unspecified atom stereocenters. The van der Waals surface area contributed by atoms with Crippen LogP contribution in [0.1, 0.15) is 72.6 Å². The number of nitrogens with zero attached hydrogens (tertiary/aromatic N) is 1. The molecule has 0 bridgehead atoms. The smallest absolute Gasteiger partial charge is 0.224 e. The summed E-state index contributed by atoms with van der Waals surface area (Å²) in [7, 11) is 0. The number of hydrogen-bond acceptors (Lipinski definition) is 8. The molecule has 0 radical (unpaired) electrons. The summed E-state index contributed by atoms with van der Waals surface area (Å²) in [6, 6.07) is 9.29. The molecule has 0 spiro atoms. The van der Waals surface area contributed by atoms with Gasteiger partial charge in [-0.1, -0.05) is 30.3 Å². The van der Waals surface area contributed by atoms with E-state index in [1.807, 2.05) is 0 Å². The molecule has 0 saturated heterocycles. The first-order valence-corrected chi connectivity index (χ1v) is 15.3. The summed E-state index contributed by atoms with van der Waals surface area (Å²) < 4.78 is 33.3. The minimum absolute atomic E-state index is 0.00554. The molecule has 0 aliphatic heterocycles. The maximum atomic E-state index is 14.1. The molecule has 0 aromatic heterocycles. The number of aromatic hydroxyl groups is 1. The number of aryl methyl sites for hydroxylation is 2.